The molecule has 0 bridgehead atoms. The van der Waals surface area contributed by atoms with Gasteiger partial charge in [-0.25, -0.2) is 4.79 Å². The second-order valence-corrected chi connectivity index (χ2v) is 7.02. The lowest BCUT2D eigenvalue weighted by molar-refractivity contribution is 0.185. The predicted molar refractivity (Wildman–Crippen MR) is 90.0 cm³/mol. The average molecular weight is 332 g/mol. The number of nitriles is 1. The molecule has 3 rings (SSSR count). The minimum atomic E-state index is -0.570. The van der Waals surface area contributed by atoms with Crippen molar-refractivity contribution in [3.05, 3.63) is 26.4 Å². The molecule has 2 atom stereocenters. The Morgan fingerprint density at radius 1 is 1.12 bits per heavy atom. The van der Waals surface area contributed by atoms with E-state index in [-0.39, 0.29) is 11.6 Å². The van der Waals surface area contributed by atoms with Crippen LogP contribution in [-0.4, -0.2) is 32.9 Å². The summed E-state index contributed by atoms with van der Waals surface area (Å²) in [6, 6.07) is 2.05. The number of hydrogen-bond acceptors (Lipinski definition) is 5. The number of β-amino-alcohol motifs (C(OH)–C–C–N with tert-alkyl or cyclic N) is 1. The van der Waals surface area contributed by atoms with Gasteiger partial charge in [0.15, 0.2) is 5.56 Å². The van der Waals surface area contributed by atoms with Gasteiger partial charge in [0.05, 0.1) is 6.10 Å². The third-order valence-electron chi connectivity index (χ3n) is 5.53. The number of nitrogens with zero attached hydrogens (tertiary/aromatic N) is 4. The Morgan fingerprint density at radius 2 is 1.79 bits per heavy atom. The van der Waals surface area contributed by atoms with Crippen LogP contribution in [-0.2, 0) is 14.1 Å². The van der Waals surface area contributed by atoms with Crippen LogP contribution in [0.5, 0.6) is 0 Å². The second-order valence-electron chi connectivity index (χ2n) is 7.02. The quantitative estimate of drug-likeness (QED) is 0.850. The predicted octanol–water partition coefficient (Wildman–Crippen LogP) is 0.476. The van der Waals surface area contributed by atoms with E-state index < -0.39 is 17.4 Å². The van der Waals surface area contributed by atoms with E-state index in [0.29, 0.717) is 24.7 Å². The van der Waals surface area contributed by atoms with Crippen LogP contribution in [0.4, 0.5) is 5.82 Å². The Balaban J connectivity index is 2.11. The molecule has 24 heavy (non-hydrogen) atoms. The molecule has 7 nitrogen and oxygen atoms in total. The van der Waals surface area contributed by atoms with Gasteiger partial charge in [0.1, 0.15) is 11.9 Å². The van der Waals surface area contributed by atoms with Crippen molar-refractivity contribution in [3.8, 4) is 6.07 Å². The lowest BCUT2D eigenvalue weighted by Crippen LogP contribution is -2.45. The highest BCUT2D eigenvalue weighted by Crippen LogP contribution is 2.37. The topological polar surface area (TPSA) is 91.3 Å². The molecule has 2 fully saturated rings. The molecule has 0 unspecified atom stereocenters. The number of aromatic nitrogens is 2. The highest BCUT2D eigenvalue weighted by Gasteiger charge is 2.39. The zero-order valence-corrected chi connectivity index (χ0v) is 14.2. The van der Waals surface area contributed by atoms with Crippen molar-refractivity contribution in [3.63, 3.8) is 0 Å². The van der Waals surface area contributed by atoms with E-state index in [9.17, 15) is 20.0 Å². The van der Waals surface area contributed by atoms with E-state index in [2.05, 4.69) is 0 Å². The molecule has 1 aliphatic carbocycles. The Bertz CT molecular complexity index is 783. The summed E-state index contributed by atoms with van der Waals surface area (Å²) < 4.78 is 2.33. The van der Waals surface area contributed by atoms with Gasteiger partial charge >= 0.3 is 5.69 Å². The Morgan fingerprint density at radius 3 is 2.42 bits per heavy atom. The van der Waals surface area contributed by atoms with Crippen LogP contribution in [0, 0.1) is 17.2 Å². The van der Waals surface area contributed by atoms with Crippen molar-refractivity contribution in [2.45, 2.75) is 50.7 Å². The van der Waals surface area contributed by atoms with Crippen LogP contribution in [0.2, 0.25) is 0 Å². The van der Waals surface area contributed by atoms with E-state index in [4.69, 9.17) is 0 Å². The van der Waals surface area contributed by atoms with Crippen LogP contribution >= 0.6 is 0 Å². The molecule has 7 heteroatoms. The number of anilines is 1. The summed E-state index contributed by atoms with van der Waals surface area (Å²) in [5.41, 5.74) is -1.04. The van der Waals surface area contributed by atoms with Crippen molar-refractivity contribution >= 4 is 5.82 Å². The van der Waals surface area contributed by atoms with E-state index in [1.165, 1.54) is 30.9 Å². The van der Waals surface area contributed by atoms with E-state index >= 15 is 0 Å². The lowest BCUT2D eigenvalue weighted by atomic mass is 9.82. The molecule has 1 aromatic rings. The van der Waals surface area contributed by atoms with Gasteiger partial charge in [-0.05, 0) is 25.2 Å². The standard InChI is InChI=1S/C17H24N4O3/c1-19-15(13(9-18)16(23)20(2)17(19)24)21-10-12(22)8-14(21)11-6-4-3-5-7-11/h11-12,14,22H,3-8,10H2,1-2H3/t12-,14+/m0/s1. The summed E-state index contributed by atoms with van der Waals surface area (Å²) in [6.07, 6.45) is 5.89. The second kappa shape index (κ2) is 6.44. The summed E-state index contributed by atoms with van der Waals surface area (Å²) in [5.74, 6) is 0.791. The molecule has 1 N–H and O–H groups in total. The number of rotatable bonds is 2. The van der Waals surface area contributed by atoms with Gasteiger partial charge in [-0.3, -0.25) is 13.9 Å². The van der Waals surface area contributed by atoms with Crippen LogP contribution < -0.4 is 16.1 Å². The molecule has 0 radical (unpaired) electrons. The maximum Gasteiger partial charge on any atom is 0.332 e. The Kier molecular flexibility index (Phi) is 4.50. The molecule has 1 saturated carbocycles. The molecular weight excluding hydrogens is 308 g/mol. The average Bonchev–Trinajstić information content (AvgIpc) is 2.98. The number of aliphatic hydroxyl groups excluding tert-OH is 1. The summed E-state index contributed by atoms with van der Waals surface area (Å²) in [7, 11) is 2.97. The zero-order chi connectivity index (χ0) is 17.4. The maximum absolute atomic E-state index is 12.4. The summed E-state index contributed by atoms with van der Waals surface area (Å²) >= 11 is 0. The highest BCUT2D eigenvalue weighted by molar-refractivity contribution is 5.55. The Hall–Kier alpha value is -2.07. The smallest absolute Gasteiger partial charge is 0.332 e. The van der Waals surface area contributed by atoms with E-state index in [1.54, 1.807) is 7.05 Å². The van der Waals surface area contributed by atoms with Crippen LogP contribution in [0.1, 0.15) is 44.1 Å². The minimum absolute atomic E-state index is 0.0190. The molecule has 1 aromatic heterocycles. The highest BCUT2D eigenvalue weighted by atomic mass is 16.3. The van der Waals surface area contributed by atoms with E-state index in [1.807, 2.05) is 11.0 Å². The third-order valence-corrected chi connectivity index (χ3v) is 5.53. The first kappa shape index (κ1) is 16.8. The molecule has 0 amide bonds. The molecule has 0 spiro atoms. The zero-order valence-electron chi connectivity index (χ0n) is 14.2. The third kappa shape index (κ3) is 2.65. The molecular formula is C17H24N4O3. The maximum atomic E-state index is 12.4. The van der Waals surface area contributed by atoms with Crippen molar-refractivity contribution in [1.82, 2.24) is 9.13 Å². The van der Waals surface area contributed by atoms with Gasteiger partial charge in [0.25, 0.3) is 5.56 Å². The van der Waals surface area contributed by atoms with Crippen molar-refractivity contribution in [2.75, 3.05) is 11.4 Å². The summed E-state index contributed by atoms with van der Waals surface area (Å²) in [5, 5.41) is 19.7. The normalized spacial score (nSPS) is 25.0. The molecule has 130 valence electrons. The van der Waals surface area contributed by atoms with Gasteiger partial charge in [-0.1, -0.05) is 19.3 Å². The van der Waals surface area contributed by atoms with Crippen LogP contribution in [0.3, 0.4) is 0 Å². The molecule has 1 aliphatic heterocycles. The first-order chi connectivity index (χ1) is 11.5. The largest absolute Gasteiger partial charge is 0.391 e. The van der Waals surface area contributed by atoms with Crippen molar-refractivity contribution in [1.29, 1.82) is 5.26 Å². The molecule has 2 heterocycles. The SMILES string of the molecule is Cn1c(N2C[C@@H](O)C[C@@H]2C2CCCCC2)c(C#N)c(=O)n(C)c1=O. The van der Waals surface area contributed by atoms with Crippen LogP contribution in [0.25, 0.3) is 0 Å². The van der Waals surface area contributed by atoms with Crippen molar-refractivity contribution in [2.24, 2.45) is 20.0 Å². The molecule has 2 aliphatic rings. The number of hydrogen-bond donors (Lipinski definition) is 1. The van der Waals surface area contributed by atoms with Gasteiger partial charge in [0.2, 0.25) is 0 Å². The first-order valence-electron chi connectivity index (χ1n) is 8.60. The van der Waals surface area contributed by atoms with Gasteiger partial charge in [-0.2, -0.15) is 5.26 Å². The fourth-order valence-corrected chi connectivity index (χ4v) is 4.32. The van der Waals surface area contributed by atoms with Crippen LogP contribution in [0.15, 0.2) is 9.59 Å². The van der Waals surface area contributed by atoms with Crippen molar-refractivity contribution < 1.29 is 5.11 Å². The summed E-state index contributed by atoms with van der Waals surface area (Å²) in [4.78, 5) is 26.6. The van der Waals surface area contributed by atoms with Gasteiger partial charge < -0.3 is 10.0 Å². The fraction of sp³-hybridized carbons (Fsp3) is 0.706. The monoisotopic (exact) mass is 332 g/mol. The van der Waals surface area contributed by atoms with E-state index in [0.717, 1.165) is 17.4 Å². The molecule has 1 saturated heterocycles. The van der Waals surface area contributed by atoms with Gasteiger partial charge in [0, 0.05) is 26.7 Å². The number of aliphatic hydroxyl groups is 1. The first-order valence-corrected chi connectivity index (χ1v) is 8.60. The lowest BCUT2D eigenvalue weighted by Gasteiger charge is -2.36. The molecule has 0 aromatic carbocycles. The summed E-state index contributed by atoms with van der Waals surface area (Å²) in [6.45, 7) is 0.357. The Labute approximate surface area is 140 Å². The minimum Gasteiger partial charge on any atom is -0.391 e. The fourth-order valence-electron chi connectivity index (χ4n) is 4.32. The van der Waals surface area contributed by atoms with Gasteiger partial charge in [-0.15, -0.1) is 0 Å².